The van der Waals surface area contributed by atoms with Crippen molar-refractivity contribution in [2.24, 2.45) is 0 Å². The molecule has 3 aromatic rings. The van der Waals surface area contributed by atoms with E-state index in [-0.39, 0.29) is 5.82 Å². The second-order valence-corrected chi connectivity index (χ2v) is 5.14. The first kappa shape index (κ1) is 13.7. The number of hydrogen-bond acceptors (Lipinski definition) is 1. The number of para-hydroxylation sites is 1. The van der Waals surface area contributed by atoms with E-state index in [2.05, 4.69) is 11.5 Å². The average Bonchev–Trinajstić information content (AvgIpc) is 2.82. The van der Waals surface area contributed by atoms with Crippen LogP contribution in [-0.4, -0.2) is 4.57 Å². The second kappa shape index (κ2) is 5.60. The zero-order valence-corrected chi connectivity index (χ0v) is 12.3. The summed E-state index contributed by atoms with van der Waals surface area (Å²) in [5.74, 6) is 0.679. The van der Waals surface area contributed by atoms with Crippen LogP contribution in [0.4, 0.5) is 4.39 Å². The Hall–Kier alpha value is -2.29. The van der Waals surface area contributed by atoms with E-state index in [1.54, 1.807) is 6.07 Å². The van der Waals surface area contributed by atoms with Gasteiger partial charge in [-0.25, -0.2) is 4.39 Å². The van der Waals surface area contributed by atoms with Gasteiger partial charge in [-0.05, 0) is 49.7 Å². The van der Waals surface area contributed by atoms with E-state index < -0.39 is 0 Å². The first-order chi connectivity index (χ1) is 10.2. The molecule has 0 saturated heterocycles. The zero-order chi connectivity index (χ0) is 14.8. The summed E-state index contributed by atoms with van der Waals surface area (Å²) in [4.78, 5) is 0. The van der Waals surface area contributed by atoms with Crippen LogP contribution in [0.1, 0.15) is 18.2 Å². The number of hydrogen-bond donors (Lipinski definition) is 0. The molecule has 0 radical (unpaired) electrons. The topological polar surface area (TPSA) is 14.2 Å². The van der Waals surface area contributed by atoms with E-state index >= 15 is 0 Å². The third kappa shape index (κ3) is 2.64. The van der Waals surface area contributed by atoms with Crippen LogP contribution in [0, 0.1) is 12.7 Å². The molecular weight excluding hydrogens is 265 g/mol. The zero-order valence-electron chi connectivity index (χ0n) is 12.3. The van der Waals surface area contributed by atoms with Gasteiger partial charge >= 0.3 is 0 Å². The fraction of sp³-hybridized carbons (Fsp3) is 0.222. The van der Waals surface area contributed by atoms with E-state index in [4.69, 9.17) is 4.74 Å². The first-order valence-corrected chi connectivity index (χ1v) is 7.15. The standard InChI is InChI=1S/C18H18FNO/c1-3-20-16(11-14-10-15(19)8-9-17(14)20)12-21-18-7-5-4-6-13(18)2/h4-11H,3,12H2,1-2H3. The lowest BCUT2D eigenvalue weighted by atomic mass is 10.2. The number of aromatic nitrogens is 1. The molecule has 0 spiro atoms. The van der Waals surface area contributed by atoms with Gasteiger partial charge in [0.15, 0.2) is 0 Å². The molecule has 108 valence electrons. The van der Waals surface area contributed by atoms with Crippen molar-refractivity contribution in [3.63, 3.8) is 0 Å². The molecule has 2 aromatic carbocycles. The highest BCUT2D eigenvalue weighted by atomic mass is 19.1. The lowest BCUT2D eigenvalue weighted by Crippen LogP contribution is -2.05. The Kier molecular flexibility index (Phi) is 3.65. The monoisotopic (exact) mass is 283 g/mol. The molecule has 0 aliphatic rings. The fourth-order valence-corrected chi connectivity index (χ4v) is 2.66. The normalized spacial score (nSPS) is 11.0. The number of ether oxygens (including phenoxy) is 1. The van der Waals surface area contributed by atoms with Gasteiger partial charge in [-0.1, -0.05) is 18.2 Å². The van der Waals surface area contributed by atoms with Crippen molar-refractivity contribution in [1.82, 2.24) is 4.57 Å². The summed E-state index contributed by atoms with van der Waals surface area (Å²) in [6.45, 7) is 5.43. The Morgan fingerprint density at radius 1 is 1.10 bits per heavy atom. The predicted molar refractivity (Wildman–Crippen MR) is 83.1 cm³/mol. The van der Waals surface area contributed by atoms with E-state index in [0.717, 1.165) is 34.5 Å². The third-order valence-electron chi connectivity index (χ3n) is 3.73. The Balaban J connectivity index is 1.92. The van der Waals surface area contributed by atoms with Gasteiger partial charge in [0.05, 0.1) is 5.69 Å². The van der Waals surface area contributed by atoms with Crippen LogP contribution >= 0.6 is 0 Å². The van der Waals surface area contributed by atoms with Crippen molar-refractivity contribution in [1.29, 1.82) is 0 Å². The third-order valence-corrected chi connectivity index (χ3v) is 3.73. The number of aryl methyl sites for hydroxylation is 2. The largest absolute Gasteiger partial charge is 0.487 e. The maximum absolute atomic E-state index is 13.3. The Labute approximate surface area is 123 Å². The SMILES string of the molecule is CCn1c(COc2ccccc2C)cc2cc(F)ccc21. The molecule has 3 heteroatoms. The summed E-state index contributed by atoms with van der Waals surface area (Å²) < 4.78 is 21.4. The van der Waals surface area contributed by atoms with Crippen LogP contribution in [0.15, 0.2) is 48.5 Å². The Bertz CT molecular complexity index is 776. The number of benzene rings is 2. The summed E-state index contributed by atoms with van der Waals surface area (Å²) in [5, 5.41) is 0.917. The molecule has 0 fully saturated rings. The molecule has 0 atom stereocenters. The molecule has 2 nitrogen and oxygen atoms in total. The van der Waals surface area contributed by atoms with Crippen molar-refractivity contribution in [3.8, 4) is 5.75 Å². The number of halogens is 1. The predicted octanol–water partition coefficient (Wildman–Crippen LogP) is 4.69. The molecule has 1 aromatic heterocycles. The molecule has 3 rings (SSSR count). The molecule has 0 N–H and O–H groups in total. The summed E-state index contributed by atoms with van der Waals surface area (Å²) in [7, 11) is 0. The lowest BCUT2D eigenvalue weighted by molar-refractivity contribution is 0.294. The minimum atomic E-state index is -0.206. The van der Waals surface area contributed by atoms with Crippen molar-refractivity contribution >= 4 is 10.9 Å². The van der Waals surface area contributed by atoms with Gasteiger partial charge < -0.3 is 9.30 Å². The smallest absolute Gasteiger partial charge is 0.128 e. The maximum Gasteiger partial charge on any atom is 0.128 e. The van der Waals surface area contributed by atoms with Crippen molar-refractivity contribution in [2.45, 2.75) is 27.0 Å². The summed E-state index contributed by atoms with van der Waals surface area (Å²) in [6.07, 6.45) is 0. The van der Waals surface area contributed by atoms with Gasteiger partial charge in [-0.2, -0.15) is 0 Å². The molecule has 0 bridgehead atoms. The van der Waals surface area contributed by atoms with E-state index in [1.807, 2.05) is 43.3 Å². The lowest BCUT2D eigenvalue weighted by Gasteiger charge is -2.11. The summed E-state index contributed by atoms with van der Waals surface area (Å²) in [5.41, 5.74) is 3.21. The van der Waals surface area contributed by atoms with Gasteiger partial charge in [-0.15, -0.1) is 0 Å². The summed E-state index contributed by atoms with van der Waals surface area (Å²) >= 11 is 0. The molecule has 0 unspecified atom stereocenters. The average molecular weight is 283 g/mol. The minimum Gasteiger partial charge on any atom is -0.487 e. The quantitative estimate of drug-likeness (QED) is 0.677. The molecule has 1 heterocycles. The molecule has 0 aliphatic heterocycles. The number of nitrogens with zero attached hydrogens (tertiary/aromatic N) is 1. The highest BCUT2D eigenvalue weighted by Crippen LogP contribution is 2.23. The van der Waals surface area contributed by atoms with Crippen LogP contribution in [0.5, 0.6) is 5.75 Å². The molecule has 0 amide bonds. The van der Waals surface area contributed by atoms with Crippen LogP contribution < -0.4 is 4.74 Å². The van der Waals surface area contributed by atoms with E-state index in [1.165, 1.54) is 6.07 Å². The molecule has 0 aliphatic carbocycles. The number of fused-ring (bicyclic) bond motifs is 1. The van der Waals surface area contributed by atoms with Gasteiger partial charge in [0.2, 0.25) is 0 Å². The van der Waals surface area contributed by atoms with Gasteiger partial charge in [0.25, 0.3) is 0 Å². The van der Waals surface area contributed by atoms with Gasteiger partial charge in [0.1, 0.15) is 18.2 Å². The molecule has 21 heavy (non-hydrogen) atoms. The number of rotatable bonds is 4. The Morgan fingerprint density at radius 3 is 2.67 bits per heavy atom. The van der Waals surface area contributed by atoms with Crippen molar-refractivity contribution < 1.29 is 9.13 Å². The second-order valence-electron chi connectivity index (χ2n) is 5.14. The van der Waals surface area contributed by atoms with Gasteiger partial charge in [-0.3, -0.25) is 0 Å². The highest BCUT2D eigenvalue weighted by molar-refractivity contribution is 5.81. The van der Waals surface area contributed by atoms with Crippen molar-refractivity contribution in [2.75, 3.05) is 0 Å². The Morgan fingerprint density at radius 2 is 1.90 bits per heavy atom. The van der Waals surface area contributed by atoms with Crippen LogP contribution in [0.25, 0.3) is 10.9 Å². The maximum atomic E-state index is 13.3. The minimum absolute atomic E-state index is 0.206. The molecule has 0 saturated carbocycles. The van der Waals surface area contributed by atoms with E-state index in [9.17, 15) is 4.39 Å². The van der Waals surface area contributed by atoms with Crippen LogP contribution in [0.2, 0.25) is 0 Å². The van der Waals surface area contributed by atoms with E-state index in [0.29, 0.717) is 6.61 Å². The van der Waals surface area contributed by atoms with Crippen LogP contribution in [-0.2, 0) is 13.2 Å². The fourth-order valence-electron chi connectivity index (χ4n) is 2.66. The highest BCUT2D eigenvalue weighted by Gasteiger charge is 2.09. The first-order valence-electron chi connectivity index (χ1n) is 7.15. The molecular formula is C18H18FNO. The van der Waals surface area contributed by atoms with Gasteiger partial charge in [0, 0.05) is 17.4 Å². The van der Waals surface area contributed by atoms with Crippen LogP contribution in [0.3, 0.4) is 0 Å². The summed E-state index contributed by atoms with van der Waals surface area (Å²) in [6, 6.07) is 14.8. The van der Waals surface area contributed by atoms with Crippen molar-refractivity contribution in [3.05, 3.63) is 65.6 Å².